The summed E-state index contributed by atoms with van der Waals surface area (Å²) in [5.41, 5.74) is 2.85. The molecule has 0 radical (unpaired) electrons. The van der Waals surface area contributed by atoms with Crippen molar-refractivity contribution in [1.82, 2.24) is 10.3 Å². The van der Waals surface area contributed by atoms with Crippen LogP contribution in [0.4, 0.5) is 0 Å². The number of ether oxygens (including phenoxy) is 2. The van der Waals surface area contributed by atoms with Crippen LogP contribution in [0.2, 0.25) is 0 Å². The molecule has 1 amide bonds. The maximum Gasteiger partial charge on any atom is 0.329 e. The molecule has 142 valence electrons. The number of aromatic nitrogens is 1. The van der Waals surface area contributed by atoms with Crippen molar-refractivity contribution in [3.8, 4) is 11.5 Å². The van der Waals surface area contributed by atoms with Crippen LogP contribution in [0.5, 0.6) is 11.5 Å². The van der Waals surface area contributed by atoms with Crippen molar-refractivity contribution in [3.05, 3.63) is 83.2 Å². The van der Waals surface area contributed by atoms with Gasteiger partial charge < -0.3 is 19.8 Å². The molecule has 2 atom stereocenters. The average Bonchev–Trinajstić information content (AvgIpc) is 3.11. The fourth-order valence-electron chi connectivity index (χ4n) is 3.68. The zero-order valence-electron chi connectivity index (χ0n) is 15.6. The van der Waals surface area contributed by atoms with Crippen LogP contribution in [0.3, 0.4) is 0 Å². The molecule has 1 aliphatic rings. The lowest BCUT2D eigenvalue weighted by molar-refractivity contribution is -0.143. The summed E-state index contributed by atoms with van der Waals surface area (Å²) in [6, 6.07) is 16.1. The lowest BCUT2D eigenvalue weighted by atomic mass is 9.80. The second kappa shape index (κ2) is 7.23. The first kappa shape index (κ1) is 17.9. The normalized spacial score (nSPS) is 18.1. The molecule has 1 aromatic heterocycles. The molecular weight excluding hydrogens is 356 g/mol. The van der Waals surface area contributed by atoms with Crippen LogP contribution in [0, 0.1) is 6.92 Å². The highest BCUT2D eigenvalue weighted by molar-refractivity contribution is 6.02. The zero-order chi connectivity index (χ0) is 19.7. The Bertz CT molecular complexity index is 1030. The number of carbonyl (C=O) groups excluding carboxylic acids is 2. The Balaban J connectivity index is 1.85. The average molecular weight is 376 g/mol. The highest BCUT2D eigenvalue weighted by Crippen LogP contribution is 2.40. The highest BCUT2D eigenvalue weighted by atomic mass is 16.5. The summed E-state index contributed by atoms with van der Waals surface area (Å²) in [6.45, 7) is 1.83. The van der Waals surface area contributed by atoms with Gasteiger partial charge >= 0.3 is 5.97 Å². The molecular formula is C22H20N2O4. The fraction of sp³-hybridized carbons (Fsp3) is 0.182. The largest absolute Gasteiger partial charge is 0.467 e. The number of amides is 1. The van der Waals surface area contributed by atoms with Crippen molar-refractivity contribution in [2.24, 2.45) is 0 Å². The van der Waals surface area contributed by atoms with Gasteiger partial charge in [0.1, 0.15) is 17.5 Å². The molecule has 0 spiro atoms. The lowest BCUT2D eigenvalue weighted by Crippen LogP contribution is -2.49. The highest BCUT2D eigenvalue weighted by Gasteiger charge is 2.42. The molecule has 0 saturated carbocycles. The summed E-state index contributed by atoms with van der Waals surface area (Å²) >= 11 is 0. The van der Waals surface area contributed by atoms with E-state index in [1.54, 1.807) is 6.20 Å². The summed E-state index contributed by atoms with van der Waals surface area (Å²) in [4.78, 5) is 28.2. The lowest BCUT2D eigenvalue weighted by Gasteiger charge is -2.32. The number of aryl methyl sites for hydroxylation is 1. The summed E-state index contributed by atoms with van der Waals surface area (Å²) in [5.74, 6) is 0.0766. The van der Waals surface area contributed by atoms with Crippen molar-refractivity contribution in [1.29, 1.82) is 0 Å². The van der Waals surface area contributed by atoms with Gasteiger partial charge in [-0.05, 0) is 30.7 Å². The van der Waals surface area contributed by atoms with Crippen molar-refractivity contribution in [3.63, 3.8) is 0 Å². The number of para-hydroxylation sites is 2. The van der Waals surface area contributed by atoms with E-state index in [1.165, 1.54) is 7.11 Å². The number of hydrogen-bond acceptors (Lipinski definition) is 4. The molecule has 3 aromatic rings. The van der Waals surface area contributed by atoms with E-state index in [0.29, 0.717) is 17.1 Å². The van der Waals surface area contributed by atoms with E-state index in [1.807, 2.05) is 61.5 Å². The molecule has 2 aromatic carbocycles. The van der Waals surface area contributed by atoms with E-state index in [-0.39, 0.29) is 5.91 Å². The van der Waals surface area contributed by atoms with Crippen LogP contribution >= 0.6 is 0 Å². The van der Waals surface area contributed by atoms with E-state index in [2.05, 4.69) is 10.3 Å². The van der Waals surface area contributed by atoms with Crippen molar-refractivity contribution in [2.45, 2.75) is 18.9 Å². The first-order valence-electron chi connectivity index (χ1n) is 8.98. The number of fused-ring (bicyclic) bond motifs is 1. The molecule has 28 heavy (non-hydrogen) atoms. The summed E-state index contributed by atoms with van der Waals surface area (Å²) in [7, 11) is 1.32. The third-order valence-corrected chi connectivity index (χ3v) is 4.97. The Morgan fingerprint density at radius 3 is 2.46 bits per heavy atom. The number of carbonyl (C=O) groups is 2. The molecule has 4 rings (SSSR count). The van der Waals surface area contributed by atoms with Crippen LogP contribution in [-0.2, 0) is 9.53 Å². The van der Waals surface area contributed by atoms with Crippen LogP contribution in [-0.4, -0.2) is 30.0 Å². The van der Waals surface area contributed by atoms with Crippen LogP contribution in [0.1, 0.15) is 33.1 Å². The number of esters is 1. The Morgan fingerprint density at radius 2 is 1.71 bits per heavy atom. The predicted molar refractivity (Wildman–Crippen MR) is 104 cm³/mol. The Morgan fingerprint density at radius 1 is 1.00 bits per heavy atom. The van der Waals surface area contributed by atoms with Gasteiger partial charge in [-0.3, -0.25) is 4.79 Å². The van der Waals surface area contributed by atoms with Gasteiger partial charge in [-0.2, -0.15) is 0 Å². The quantitative estimate of drug-likeness (QED) is 0.683. The van der Waals surface area contributed by atoms with Gasteiger partial charge in [0.2, 0.25) is 0 Å². The van der Waals surface area contributed by atoms with E-state index in [9.17, 15) is 9.59 Å². The summed E-state index contributed by atoms with van der Waals surface area (Å²) < 4.78 is 11.1. The minimum absolute atomic E-state index is 0.290. The third kappa shape index (κ3) is 3.03. The van der Waals surface area contributed by atoms with E-state index >= 15 is 0 Å². The predicted octanol–water partition coefficient (Wildman–Crippen LogP) is 3.53. The number of aromatic amines is 1. The third-order valence-electron chi connectivity index (χ3n) is 4.97. The van der Waals surface area contributed by atoms with E-state index in [0.717, 1.165) is 16.8 Å². The van der Waals surface area contributed by atoms with Gasteiger partial charge in [-0.15, -0.1) is 0 Å². The van der Waals surface area contributed by atoms with Gasteiger partial charge in [0.15, 0.2) is 0 Å². The number of methoxy groups -OCH3 is 1. The van der Waals surface area contributed by atoms with Crippen LogP contribution in [0.25, 0.3) is 0 Å². The van der Waals surface area contributed by atoms with Crippen molar-refractivity contribution >= 4 is 11.9 Å². The number of benzene rings is 2. The molecule has 6 heteroatoms. The summed E-state index contributed by atoms with van der Waals surface area (Å²) in [6.07, 6.45) is 1.78. The maximum atomic E-state index is 12.6. The van der Waals surface area contributed by atoms with Gasteiger partial charge in [0.25, 0.3) is 5.91 Å². The standard InChI is InChI=1S/C22H20N2O4/c1-13-18-16(12-23-13)19(20(22(26)27-2)24-21(18)25)15-10-6-7-11-17(15)28-14-8-4-3-5-9-14/h3-12,19-20,23H,1-2H3,(H,24,25). The fourth-order valence-corrected chi connectivity index (χ4v) is 3.68. The Kier molecular flexibility index (Phi) is 4.61. The number of rotatable bonds is 4. The first-order valence-corrected chi connectivity index (χ1v) is 8.98. The summed E-state index contributed by atoms with van der Waals surface area (Å²) in [5, 5.41) is 2.80. The zero-order valence-corrected chi connectivity index (χ0v) is 15.6. The Labute approximate surface area is 162 Å². The second-order valence-corrected chi connectivity index (χ2v) is 6.65. The molecule has 0 bridgehead atoms. The van der Waals surface area contributed by atoms with Gasteiger partial charge in [0, 0.05) is 23.4 Å². The molecule has 0 fully saturated rings. The Hall–Kier alpha value is -3.54. The van der Waals surface area contributed by atoms with Crippen molar-refractivity contribution in [2.75, 3.05) is 7.11 Å². The van der Waals surface area contributed by atoms with Gasteiger partial charge in [-0.1, -0.05) is 36.4 Å². The molecule has 6 nitrogen and oxygen atoms in total. The molecule has 2 unspecified atom stereocenters. The number of hydrogen-bond donors (Lipinski definition) is 2. The maximum absolute atomic E-state index is 12.6. The molecule has 0 saturated heterocycles. The minimum atomic E-state index is -0.847. The topological polar surface area (TPSA) is 80.4 Å². The number of nitrogens with one attached hydrogen (secondary N) is 2. The number of H-pyrrole nitrogens is 1. The van der Waals surface area contributed by atoms with E-state index < -0.39 is 17.9 Å². The van der Waals surface area contributed by atoms with Crippen LogP contribution < -0.4 is 10.1 Å². The monoisotopic (exact) mass is 376 g/mol. The van der Waals surface area contributed by atoms with Crippen LogP contribution in [0.15, 0.2) is 60.8 Å². The minimum Gasteiger partial charge on any atom is -0.467 e. The van der Waals surface area contributed by atoms with Crippen molar-refractivity contribution < 1.29 is 19.1 Å². The van der Waals surface area contributed by atoms with Gasteiger partial charge in [0.05, 0.1) is 12.7 Å². The first-order chi connectivity index (χ1) is 13.6. The molecule has 2 heterocycles. The molecule has 1 aliphatic heterocycles. The van der Waals surface area contributed by atoms with Gasteiger partial charge in [-0.25, -0.2) is 4.79 Å². The van der Waals surface area contributed by atoms with E-state index in [4.69, 9.17) is 9.47 Å². The SMILES string of the molecule is COC(=O)C1NC(=O)c2c(c[nH]c2C)C1c1ccccc1Oc1ccccc1. The smallest absolute Gasteiger partial charge is 0.329 e. The molecule has 2 N–H and O–H groups in total. The molecule has 0 aliphatic carbocycles. The second-order valence-electron chi connectivity index (χ2n) is 6.65.